The summed E-state index contributed by atoms with van der Waals surface area (Å²) in [6.45, 7) is 4.75. The summed E-state index contributed by atoms with van der Waals surface area (Å²) >= 11 is 0. The number of hydrogen-bond acceptors (Lipinski definition) is 4. The van der Waals surface area contributed by atoms with Crippen molar-refractivity contribution in [1.29, 1.82) is 0 Å². The first-order valence-corrected chi connectivity index (χ1v) is 10.6. The van der Waals surface area contributed by atoms with E-state index in [1.807, 2.05) is 19.9 Å². The van der Waals surface area contributed by atoms with Gasteiger partial charge in [0.15, 0.2) is 0 Å². The number of carbonyl (C=O) groups is 1. The zero-order valence-electron chi connectivity index (χ0n) is 15.9. The molecule has 7 heteroatoms. The lowest BCUT2D eigenvalue weighted by molar-refractivity contribution is -0.152. The molecule has 2 heterocycles. The van der Waals surface area contributed by atoms with Crippen LogP contribution in [0.1, 0.15) is 31.7 Å². The molecule has 0 aliphatic carbocycles. The summed E-state index contributed by atoms with van der Waals surface area (Å²) in [4.78, 5) is 14.1. The second-order valence-electron chi connectivity index (χ2n) is 7.77. The van der Waals surface area contributed by atoms with Gasteiger partial charge in [0.25, 0.3) is 5.91 Å². The topological polar surface area (TPSA) is 66.9 Å². The highest BCUT2D eigenvalue weighted by Crippen LogP contribution is 2.43. The number of rotatable bonds is 3. The first kappa shape index (κ1) is 19.3. The van der Waals surface area contributed by atoms with Crippen molar-refractivity contribution >= 4 is 15.9 Å². The molecular weight excluding hydrogens is 352 g/mol. The Morgan fingerprint density at radius 1 is 1.31 bits per heavy atom. The maximum Gasteiger partial charge on any atom is 0.251 e. The standard InChI is InChI=1S/C19H28N2O4S/c1-14-6-5-7-16(12-14)26(23,24)21-11-10-19(15(2)13-21)9-8-17(25-19)18(22)20(3)4/h5-7,12,15,17H,8-11,13H2,1-4H3. The van der Waals surface area contributed by atoms with Crippen LogP contribution in [-0.2, 0) is 19.6 Å². The zero-order chi connectivity index (χ0) is 19.1. The van der Waals surface area contributed by atoms with Gasteiger partial charge in [0.05, 0.1) is 10.5 Å². The molecule has 2 saturated heterocycles. The summed E-state index contributed by atoms with van der Waals surface area (Å²) < 4.78 is 33.7. The lowest BCUT2D eigenvalue weighted by Crippen LogP contribution is -2.52. The Hall–Kier alpha value is -1.44. The number of amides is 1. The molecule has 0 aromatic heterocycles. The number of hydrogen-bond donors (Lipinski definition) is 0. The summed E-state index contributed by atoms with van der Waals surface area (Å²) in [5, 5.41) is 0. The Kier molecular flexibility index (Phi) is 5.16. The van der Waals surface area contributed by atoms with Crippen LogP contribution in [0.4, 0.5) is 0 Å². The zero-order valence-corrected chi connectivity index (χ0v) is 16.8. The highest BCUT2D eigenvalue weighted by atomic mass is 32.2. The van der Waals surface area contributed by atoms with E-state index < -0.39 is 21.7 Å². The van der Waals surface area contributed by atoms with E-state index in [4.69, 9.17) is 4.74 Å². The van der Waals surface area contributed by atoms with E-state index in [0.717, 1.165) is 12.0 Å². The van der Waals surface area contributed by atoms with Gasteiger partial charge in [-0.15, -0.1) is 0 Å². The first-order chi connectivity index (χ1) is 12.2. The molecule has 6 nitrogen and oxygen atoms in total. The van der Waals surface area contributed by atoms with Gasteiger partial charge >= 0.3 is 0 Å². The Balaban J connectivity index is 1.74. The number of nitrogens with zero attached hydrogens (tertiary/aromatic N) is 2. The van der Waals surface area contributed by atoms with Crippen LogP contribution in [-0.4, -0.2) is 62.4 Å². The molecule has 144 valence electrons. The van der Waals surface area contributed by atoms with E-state index in [1.165, 1.54) is 0 Å². The monoisotopic (exact) mass is 380 g/mol. The van der Waals surface area contributed by atoms with Crippen molar-refractivity contribution in [3.05, 3.63) is 29.8 Å². The molecule has 1 aromatic rings. The van der Waals surface area contributed by atoms with Gasteiger partial charge in [-0.05, 0) is 49.8 Å². The molecule has 26 heavy (non-hydrogen) atoms. The minimum Gasteiger partial charge on any atom is -0.362 e. The largest absolute Gasteiger partial charge is 0.362 e. The normalized spacial score (nSPS) is 29.8. The minimum absolute atomic E-state index is 0.0103. The van der Waals surface area contributed by atoms with Crippen molar-refractivity contribution in [3.8, 4) is 0 Å². The second-order valence-corrected chi connectivity index (χ2v) is 9.71. The quantitative estimate of drug-likeness (QED) is 0.805. The number of sulfonamides is 1. The summed E-state index contributed by atoms with van der Waals surface area (Å²) in [5.74, 6) is 0.0275. The predicted molar refractivity (Wildman–Crippen MR) is 99.3 cm³/mol. The highest BCUT2D eigenvalue weighted by molar-refractivity contribution is 7.89. The van der Waals surface area contributed by atoms with Gasteiger partial charge in [0, 0.05) is 27.2 Å². The van der Waals surface area contributed by atoms with Crippen molar-refractivity contribution in [1.82, 2.24) is 9.21 Å². The molecule has 2 aliphatic rings. The van der Waals surface area contributed by atoms with E-state index in [0.29, 0.717) is 30.8 Å². The molecule has 3 rings (SSSR count). The Labute approximate surface area is 156 Å². The van der Waals surface area contributed by atoms with Gasteiger partial charge in [0.2, 0.25) is 10.0 Å². The number of ether oxygens (including phenoxy) is 1. The van der Waals surface area contributed by atoms with Gasteiger partial charge < -0.3 is 9.64 Å². The lowest BCUT2D eigenvalue weighted by Gasteiger charge is -2.43. The molecule has 2 aliphatic heterocycles. The number of piperidine rings is 1. The van der Waals surface area contributed by atoms with Gasteiger partial charge in [-0.1, -0.05) is 19.1 Å². The average molecular weight is 381 g/mol. The Morgan fingerprint density at radius 2 is 2.04 bits per heavy atom. The average Bonchev–Trinajstić information content (AvgIpc) is 3.01. The van der Waals surface area contributed by atoms with E-state index >= 15 is 0 Å². The van der Waals surface area contributed by atoms with Crippen molar-refractivity contribution in [2.45, 2.75) is 49.7 Å². The number of aryl methyl sites for hydroxylation is 1. The predicted octanol–water partition coefficient (Wildman–Crippen LogP) is 2.03. The third kappa shape index (κ3) is 3.40. The van der Waals surface area contributed by atoms with E-state index in [-0.39, 0.29) is 11.8 Å². The smallest absolute Gasteiger partial charge is 0.251 e. The van der Waals surface area contributed by atoms with Crippen LogP contribution in [0, 0.1) is 12.8 Å². The summed E-state index contributed by atoms with van der Waals surface area (Å²) in [6.07, 6.45) is 1.71. The molecule has 0 saturated carbocycles. The molecular formula is C19H28N2O4S. The van der Waals surface area contributed by atoms with E-state index in [9.17, 15) is 13.2 Å². The Morgan fingerprint density at radius 3 is 2.65 bits per heavy atom. The van der Waals surface area contributed by atoms with Crippen molar-refractivity contribution in [2.75, 3.05) is 27.2 Å². The molecule has 0 radical (unpaired) electrons. The first-order valence-electron chi connectivity index (χ1n) is 9.11. The second kappa shape index (κ2) is 6.94. The van der Waals surface area contributed by atoms with Crippen LogP contribution >= 0.6 is 0 Å². The fraction of sp³-hybridized carbons (Fsp3) is 0.632. The SMILES string of the molecule is Cc1cccc(S(=O)(=O)N2CCC3(CCC(C(=O)N(C)C)O3)C(C)C2)c1. The van der Waals surface area contributed by atoms with Crippen LogP contribution in [0.15, 0.2) is 29.2 Å². The minimum atomic E-state index is -3.50. The van der Waals surface area contributed by atoms with Gasteiger partial charge in [-0.25, -0.2) is 8.42 Å². The van der Waals surface area contributed by atoms with E-state index in [2.05, 4.69) is 0 Å². The van der Waals surface area contributed by atoms with Crippen LogP contribution in [0.25, 0.3) is 0 Å². The molecule has 1 spiro atoms. The number of benzene rings is 1. The molecule has 2 fully saturated rings. The highest BCUT2D eigenvalue weighted by Gasteiger charge is 2.50. The number of carbonyl (C=O) groups excluding carboxylic acids is 1. The lowest BCUT2D eigenvalue weighted by atomic mass is 9.81. The molecule has 0 bridgehead atoms. The summed E-state index contributed by atoms with van der Waals surface area (Å²) in [5.41, 5.74) is 0.534. The van der Waals surface area contributed by atoms with Crippen LogP contribution in [0.2, 0.25) is 0 Å². The van der Waals surface area contributed by atoms with Gasteiger partial charge in [0.1, 0.15) is 6.10 Å². The van der Waals surface area contributed by atoms with Crippen molar-refractivity contribution in [3.63, 3.8) is 0 Å². The van der Waals surface area contributed by atoms with Gasteiger partial charge in [-0.2, -0.15) is 4.31 Å². The Bertz CT molecular complexity index is 792. The maximum absolute atomic E-state index is 13.0. The fourth-order valence-corrected chi connectivity index (χ4v) is 5.69. The molecule has 3 atom stereocenters. The molecule has 3 unspecified atom stereocenters. The van der Waals surface area contributed by atoms with Gasteiger partial charge in [-0.3, -0.25) is 4.79 Å². The molecule has 1 amide bonds. The van der Waals surface area contributed by atoms with Crippen molar-refractivity contribution in [2.24, 2.45) is 5.92 Å². The van der Waals surface area contributed by atoms with Crippen molar-refractivity contribution < 1.29 is 17.9 Å². The number of likely N-dealkylation sites (N-methyl/N-ethyl adjacent to an activating group) is 1. The van der Waals surface area contributed by atoms with Crippen LogP contribution in [0.3, 0.4) is 0 Å². The van der Waals surface area contributed by atoms with Crippen LogP contribution in [0.5, 0.6) is 0 Å². The maximum atomic E-state index is 13.0. The van der Waals surface area contributed by atoms with E-state index in [1.54, 1.807) is 41.5 Å². The molecule has 0 N–H and O–H groups in total. The molecule has 1 aromatic carbocycles. The third-order valence-corrected chi connectivity index (χ3v) is 7.57. The summed E-state index contributed by atoms with van der Waals surface area (Å²) in [6, 6.07) is 7.02. The fourth-order valence-electron chi connectivity index (χ4n) is 4.05. The third-order valence-electron chi connectivity index (χ3n) is 5.71. The van der Waals surface area contributed by atoms with Crippen LogP contribution < -0.4 is 0 Å². The summed E-state index contributed by atoms with van der Waals surface area (Å²) in [7, 11) is -0.0378.